The van der Waals surface area contributed by atoms with Crippen LogP contribution in [0.1, 0.15) is 15.9 Å². The highest BCUT2D eigenvalue weighted by molar-refractivity contribution is 7.90. The first-order valence-electron chi connectivity index (χ1n) is 10.2. The van der Waals surface area contributed by atoms with Crippen molar-refractivity contribution in [2.75, 3.05) is 11.6 Å². The lowest BCUT2D eigenvalue weighted by atomic mass is 9.97. The van der Waals surface area contributed by atoms with Crippen molar-refractivity contribution in [3.63, 3.8) is 0 Å². The van der Waals surface area contributed by atoms with Gasteiger partial charge in [0.05, 0.1) is 31.9 Å². The van der Waals surface area contributed by atoms with Gasteiger partial charge in [0.25, 0.3) is 5.91 Å². The predicted octanol–water partition coefficient (Wildman–Crippen LogP) is 5.48. The van der Waals surface area contributed by atoms with Gasteiger partial charge in [0.15, 0.2) is 15.0 Å². The van der Waals surface area contributed by atoms with Gasteiger partial charge >= 0.3 is 0 Å². The molecule has 164 valence electrons. The molecule has 0 aliphatic heterocycles. The van der Waals surface area contributed by atoms with Crippen LogP contribution in [0.5, 0.6) is 0 Å². The summed E-state index contributed by atoms with van der Waals surface area (Å²) in [6, 6.07) is 22.1. The number of nitrogens with one attached hydrogen (secondary N) is 1. The monoisotopic (exact) mass is 473 g/mol. The summed E-state index contributed by atoms with van der Waals surface area (Å²) >= 11 is 1.24. The highest BCUT2D eigenvalue weighted by atomic mass is 32.2. The Morgan fingerprint density at radius 3 is 2.39 bits per heavy atom. The number of para-hydroxylation sites is 1. The number of anilines is 1. The number of amides is 1. The molecule has 5 aromatic rings. The maximum Gasteiger partial charge on any atom is 0.258 e. The number of hydrogen-bond acceptors (Lipinski definition) is 6. The second-order valence-electron chi connectivity index (χ2n) is 7.72. The molecule has 0 aliphatic carbocycles. The minimum atomic E-state index is -3.33. The minimum absolute atomic E-state index is 0.222. The average molecular weight is 474 g/mol. The first-order valence-corrected chi connectivity index (χ1v) is 12.9. The molecule has 0 radical (unpaired) electrons. The summed E-state index contributed by atoms with van der Waals surface area (Å²) in [6.07, 6.45) is 1.17. The maximum absolute atomic E-state index is 13.5. The van der Waals surface area contributed by atoms with Gasteiger partial charge in [0.1, 0.15) is 0 Å². The third-order valence-electron chi connectivity index (χ3n) is 5.42. The molecule has 0 fully saturated rings. The smallest absolute Gasteiger partial charge is 0.258 e. The van der Waals surface area contributed by atoms with Gasteiger partial charge in [-0.1, -0.05) is 59.9 Å². The second-order valence-corrected chi connectivity index (χ2v) is 10.8. The zero-order valence-corrected chi connectivity index (χ0v) is 19.5. The molecular weight excluding hydrogens is 454 g/mol. The van der Waals surface area contributed by atoms with Crippen LogP contribution < -0.4 is 5.32 Å². The van der Waals surface area contributed by atoms with E-state index in [0.29, 0.717) is 20.9 Å². The number of sulfone groups is 1. The van der Waals surface area contributed by atoms with Gasteiger partial charge in [0.2, 0.25) is 0 Å². The van der Waals surface area contributed by atoms with Crippen molar-refractivity contribution in [2.24, 2.45) is 0 Å². The molecule has 0 unspecified atom stereocenters. The van der Waals surface area contributed by atoms with E-state index in [2.05, 4.69) is 10.3 Å². The summed E-state index contributed by atoms with van der Waals surface area (Å²) in [5.74, 6) is -0.286. The molecule has 2 aromatic heterocycles. The van der Waals surface area contributed by atoms with Gasteiger partial charge < -0.3 is 0 Å². The summed E-state index contributed by atoms with van der Waals surface area (Å²) in [7, 11) is -3.33. The Morgan fingerprint density at radius 1 is 0.909 bits per heavy atom. The Bertz CT molecular complexity index is 1640. The van der Waals surface area contributed by atoms with Crippen molar-refractivity contribution in [2.45, 2.75) is 11.8 Å². The predicted molar refractivity (Wildman–Crippen MR) is 133 cm³/mol. The average Bonchev–Trinajstić information content (AvgIpc) is 3.20. The van der Waals surface area contributed by atoms with Gasteiger partial charge in [-0.15, -0.1) is 0 Å². The molecule has 1 amide bonds. The zero-order chi connectivity index (χ0) is 23.2. The standard InChI is InChI=1S/C25H19N3O3S2/c1-15-22(18-10-6-7-11-19(18)26-23(15)16-8-4-3-5-9-16)24(29)28-25-27-20-13-12-17(33(2,30)31)14-21(20)32-25/h3-14H,1-2H3,(H,27,28,29). The van der Waals surface area contributed by atoms with Crippen LogP contribution in [0.15, 0.2) is 77.7 Å². The summed E-state index contributed by atoms with van der Waals surface area (Å²) in [5, 5.41) is 4.07. The lowest BCUT2D eigenvalue weighted by molar-refractivity contribution is 0.102. The first kappa shape index (κ1) is 21.2. The molecule has 3 aromatic carbocycles. The molecule has 6 nitrogen and oxygen atoms in total. The molecule has 2 heterocycles. The van der Waals surface area contributed by atoms with Crippen molar-refractivity contribution in [1.29, 1.82) is 0 Å². The van der Waals surface area contributed by atoms with Crippen LogP contribution in [-0.2, 0) is 9.84 Å². The quantitative estimate of drug-likeness (QED) is 0.374. The normalized spacial score (nSPS) is 11.7. The first-order chi connectivity index (χ1) is 15.8. The zero-order valence-electron chi connectivity index (χ0n) is 17.9. The maximum atomic E-state index is 13.5. The Hall–Kier alpha value is -3.62. The number of benzene rings is 3. The van der Waals surface area contributed by atoms with E-state index in [1.807, 2.05) is 61.5 Å². The van der Waals surface area contributed by atoms with Crippen LogP contribution in [0.4, 0.5) is 5.13 Å². The van der Waals surface area contributed by atoms with Crippen molar-refractivity contribution in [3.05, 3.63) is 83.9 Å². The number of carbonyl (C=O) groups excluding carboxylic acids is 1. The fraction of sp³-hybridized carbons (Fsp3) is 0.0800. The number of fused-ring (bicyclic) bond motifs is 2. The summed E-state index contributed by atoms with van der Waals surface area (Å²) in [5.41, 5.74) is 4.36. The number of hydrogen-bond donors (Lipinski definition) is 1. The van der Waals surface area contributed by atoms with Gasteiger partial charge in [-0.3, -0.25) is 10.1 Å². The molecule has 33 heavy (non-hydrogen) atoms. The lowest BCUT2D eigenvalue weighted by Crippen LogP contribution is -2.15. The van der Waals surface area contributed by atoms with Gasteiger partial charge in [-0.05, 0) is 36.8 Å². The Labute approximate surface area is 194 Å². The topological polar surface area (TPSA) is 89.0 Å². The summed E-state index contributed by atoms with van der Waals surface area (Å²) in [4.78, 5) is 23.0. The number of pyridine rings is 1. The van der Waals surface area contributed by atoms with Gasteiger partial charge in [-0.25, -0.2) is 18.4 Å². The molecule has 0 atom stereocenters. The van der Waals surface area contributed by atoms with E-state index in [9.17, 15) is 13.2 Å². The van der Waals surface area contributed by atoms with Crippen LogP contribution in [-0.4, -0.2) is 30.5 Å². The number of carbonyl (C=O) groups is 1. The number of nitrogens with zero attached hydrogens (tertiary/aromatic N) is 2. The molecular formula is C25H19N3O3S2. The van der Waals surface area contributed by atoms with Gasteiger partial charge in [-0.2, -0.15) is 0 Å². The molecule has 0 aliphatic rings. The number of rotatable bonds is 4. The second kappa shape index (κ2) is 8.06. The van der Waals surface area contributed by atoms with Crippen molar-refractivity contribution >= 4 is 53.3 Å². The van der Waals surface area contributed by atoms with Crippen LogP contribution >= 0.6 is 11.3 Å². The van der Waals surface area contributed by atoms with Gasteiger partial charge in [0, 0.05) is 17.2 Å². The molecule has 0 saturated carbocycles. The third kappa shape index (κ3) is 3.99. The summed E-state index contributed by atoms with van der Waals surface area (Å²) in [6.45, 7) is 1.90. The van der Waals surface area contributed by atoms with E-state index in [-0.39, 0.29) is 10.8 Å². The molecule has 1 N–H and O–H groups in total. The minimum Gasteiger partial charge on any atom is -0.298 e. The summed E-state index contributed by atoms with van der Waals surface area (Å²) < 4.78 is 24.4. The highest BCUT2D eigenvalue weighted by Gasteiger charge is 2.20. The van der Waals surface area contributed by atoms with E-state index in [0.717, 1.165) is 27.7 Å². The van der Waals surface area contributed by atoms with E-state index in [4.69, 9.17) is 4.98 Å². The van der Waals surface area contributed by atoms with Crippen LogP contribution in [0.3, 0.4) is 0 Å². The molecule has 5 rings (SSSR count). The molecule has 0 saturated heterocycles. The molecule has 8 heteroatoms. The van der Waals surface area contributed by atoms with E-state index >= 15 is 0 Å². The van der Waals surface area contributed by atoms with Crippen molar-refractivity contribution in [1.82, 2.24) is 9.97 Å². The van der Waals surface area contributed by atoms with E-state index < -0.39 is 9.84 Å². The van der Waals surface area contributed by atoms with Crippen molar-refractivity contribution < 1.29 is 13.2 Å². The van der Waals surface area contributed by atoms with Crippen molar-refractivity contribution in [3.8, 4) is 11.3 Å². The SMILES string of the molecule is Cc1c(-c2ccccc2)nc2ccccc2c1C(=O)Nc1nc2ccc(S(C)(=O)=O)cc2s1. The molecule has 0 bridgehead atoms. The van der Waals surface area contributed by atoms with E-state index in [1.165, 1.54) is 23.7 Å². The highest BCUT2D eigenvalue weighted by Crippen LogP contribution is 2.32. The number of thiazole rings is 1. The van der Waals surface area contributed by atoms with Crippen LogP contribution in [0.25, 0.3) is 32.4 Å². The largest absolute Gasteiger partial charge is 0.298 e. The fourth-order valence-corrected chi connectivity index (χ4v) is 5.45. The number of aromatic nitrogens is 2. The Morgan fingerprint density at radius 2 is 1.64 bits per heavy atom. The Kier molecular flexibility index (Phi) is 5.19. The van der Waals surface area contributed by atoms with Crippen LogP contribution in [0, 0.1) is 6.92 Å². The fourth-order valence-electron chi connectivity index (χ4n) is 3.83. The lowest BCUT2D eigenvalue weighted by Gasteiger charge is -2.14. The molecule has 0 spiro atoms. The Balaban J connectivity index is 1.59. The van der Waals surface area contributed by atoms with Crippen LogP contribution in [0.2, 0.25) is 0 Å². The van der Waals surface area contributed by atoms with E-state index in [1.54, 1.807) is 12.1 Å². The third-order valence-corrected chi connectivity index (χ3v) is 7.46.